The highest BCUT2D eigenvalue weighted by atomic mass is 16.6. The van der Waals surface area contributed by atoms with Crippen LogP contribution in [-0.4, -0.2) is 18.3 Å². The van der Waals surface area contributed by atoms with Crippen LogP contribution < -0.4 is 10.5 Å². The molecule has 1 atom stereocenters. The Morgan fingerprint density at radius 3 is 2.81 bits per heavy atom. The summed E-state index contributed by atoms with van der Waals surface area (Å²) in [6.07, 6.45) is 2.33. The maximum atomic E-state index is 5.84. The first-order valence-corrected chi connectivity index (χ1v) is 5.72. The van der Waals surface area contributed by atoms with Crippen molar-refractivity contribution in [3.8, 4) is 5.75 Å². The third-order valence-corrected chi connectivity index (χ3v) is 2.90. The smallest absolute Gasteiger partial charge is 0.142 e. The van der Waals surface area contributed by atoms with Gasteiger partial charge in [-0.1, -0.05) is 12.1 Å². The molecule has 2 N–H and O–H groups in total. The Bertz CT molecular complexity index is 363. The van der Waals surface area contributed by atoms with Crippen LogP contribution in [0.15, 0.2) is 24.3 Å². The third-order valence-electron chi connectivity index (χ3n) is 2.90. The molecule has 1 aromatic carbocycles. The van der Waals surface area contributed by atoms with Gasteiger partial charge in [0.25, 0.3) is 0 Å². The molecular weight excluding hydrogens is 202 g/mol. The van der Waals surface area contributed by atoms with Crippen molar-refractivity contribution in [1.82, 2.24) is 0 Å². The molecule has 0 aromatic heterocycles. The summed E-state index contributed by atoms with van der Waals surface area (Å²) in [7, 11) is 0. The maximum absolute atomic E-state index is 5.84. The van der Waals surface area contributed by atoms with Gasteiger partial charge < -0.3 is 15.2 Å². The maximum Gasteiger partial charge on any atom is 0.142 e. The second kappa shape index (κ2) is 4.34. The van der Waals surface area contributed by atoms with E-state index in [9.17, 15) is 0 Å². The summed E-state index contributed by atoms with van der Waals surface area (Å²) >= 11 is 0. The van der Waals surface area contributed by atoms with Crippen LogP contribution in [0.25, 0.3) is 0 Å². The predicted octanol–water partition coefficient (Wildman–Crippen LogP) is 2.61. The largest absolute Gasteiger partial charge is 0.489 e. The van der Waals surface area contributed by atoms with E-state index in [-0.39, 0.29) is 11.7 Å². The zero-order valence-electron chi connectivity index (χ0n) is 9.90. The Hall–Kier alpha value is -1.22. The summed E-state index contributed by atoms with van der Waals surface area (Å²) in [5, 5.41) is 0. The first-order chi connectivity index (χ1) is 7.57. The van der Waals surface area contributed by atoms with Gasteiger partial charge in [0.05, 0.1) is 17.4 Å². The van der Waals surface area contributed by atoms with Gasteiger partial charge >= 0.3 is 0 Å². The van der Waals surface area contributed by atoms with Crippen molar-refractivity contribution in [2.24, 2.45) is 0 Å². The minimum absolute atomic E-state index is 0.00371. The molecule has 1 saturated heterocycles. The highest BCUT2D eigenvalue weighted by Crippen LogP contribution is 2.30. The fourth-order valence-electron chi connectivity index (χ4n) is 1.99. The first-order valence-electron chi connectivity index (χ1n) is 5.72. The van der Waals surface area contributed by atoms with Gasteiger partial charge in [0.2, 0.25) is 0 Å². The Balaban J connectivity index is 1.87. The molecule has 1 aliphatic heterocycles. The van der Waals surface area contributed by atoms with E-state index < -0.39 is 0 Å². The minimum atomic E-state index is -0.00371. The lowest BCUT2D eigenvalue weighted by molar-refractivity contribution is -0.0325. The molecule has 0 amide bonds. The summed E-state index contributed by atoms with van der Waals surface area (Å²) in [5.74, 6) is 0.746. The van der Waals surface area contributed by atoms with E-state index >= 15 is 0 Å². The second-order valence-electron chi connectivity index (χ2n) is 4.89. The molecule has 3 nitrogen and oxygen atoms in total. The van der Waals surface area contributed by atoms with Gasteiger partial charge in [0.15, 0.2) is 0 Å². The van der Waals surface area contributed by atoms with Gasteiger partial charge in [-0.2, -0.15) is 0 Å². The zero-order valence-corrected chi connectivity index (χ0v) is 9.90. The van der Waals surface area contributed by atoms with Crippen LogP contribution in [0.5, 0.6) is 5.75 Å². The third kappa shape index (κ3) is 2.67. The van der Waals surface area contributed by atoms with Crippen LogP contribution in [0.2, 0.25) is 0 Å². The van der Waals surface area contributed by atoms with Crippen molar-refractivity contribution >= 4 is 5.69 Å². The number of anilines is 1. The predicted molar refractivity (Wildman–Crippen MR) is 64.5 cm³/mol. The van der Waals surface area contributed by atoms with E-state index in [0.29, 0.717) is 12.3 Å². The van der Waals surface area contributed by atoms with E-state index in [2.05, 4.69) is 13.8 Å². The van der Waals surface area contributed by atoms with Crippen molar-refractivity contribution in [1.29, 1.82) is 0 Å². The number of benzene rings is 1. The van der Waals surface area contributed by atoms with Crippen molar-refractivity contribution < 1.29 is 9.47 Å². The van der Waals surface area contributed by atoms with E-state index in [1.54, 1.807) is 0 Å². The quantitative estimate of drug-likeness (QED) is 0.798. The molecule has 0 bridgehead atoms. The van der Waals surface area contributed by atoms with Gasteiger partial charge in [0, 0.05) is 0 Å². The monoisotopic (exact) mass is 221 g/mol. The highest BCUT2D eigenvalue weighted by Gasteiger charge is 2.31. The van der Waals surface area contributed by atoms with Gasteiger partial charge in [-0.3, -0.25) is 0 Å². The number of rotatable bonds is 3. The molecule has 1 fully saturated rings. The number of nitrogens with two attached hydrogens (primary N) is 1. The zero-order chi connectivity index (χ0) is 11.6. The average Bonchev–Trinajstić information content (AvgIpc) is 2.57. The fourth-order valence-corrected chi connectivity index (χ4v) is 1.99. The van der Waals surface area contributed by atoms with Crippen molar-refractivity contribution in [3.63, 3.8) is 0 Å². The second-order valence-corrected chi connectivity index (χ2v) is 4.89. The van der Waals surface area contributed by atoms with Crippen molar-refractivity contribution in [2.45, 2.75) is 38.4 Å². The van der Waals surface area contributed by atoms with Crippen LogP contribution in [0, 0.1) is 0 Å². The van der Waals surface area contributed by atoms with Crippen LogP contribution in [0.1, 0.15) is 26.7 Å². The highest BCUT2D eigenvalue weighted by molar-refractivity contribution is 5.51. The normalized spacial score (nSPS) is 23.2. The lowest BCUT2D eigenvalue weighted by Gasteiger charge is -2.19. The molecule has 16 heavy (non-hydrogen) atoms. The summed E-state index contributed by atoms with van der Waals surface area (Å²) in [4.78, 5) is 0. The molecule has 1 aliphatic rings. The number of ether oxygens (including phenoxy) is 2. The van der Waals surface area contributed by atoms with Crippen molar-refractivity contribution in [3.05, 3.63) is 24.3 Å². The summed E-state index contributed by atoms with van der Waals surface area (Å²) < 4.78 is 11.5. The molecule has 1 aromatic rings. The molecule has 0 radical (unpaired) electrons. The van der Waals surface area contributed by atoms with Gasteiger partial charge in [-0.25, -0.2) is 0 Å². The Labute approximate surface area is 96.5 Å². The number of nitrogen functional groups attached to an aromatic ring is 1. The Kier molecular flexibility index (Phi) is 3.06. The first kappa shape index (κ1) is 11.3. The minimum Gasteiger partial charge on any atom is -0.489 e. The molecule has 0 saturated carbocycles. The lowest BCUT2D eigenvalue weighted by Crippen LogP contribution is -2.24. The molecule has 3 heteroatoms. The molecule has 1 heterocycles. The van der Waals surface area contributed by atoms with Crippen LogP contribution in [0.4, 0.5) is 5.69 Å². The van der Waals surface area contributed by atoms with Crippen LogP contribution in [0.3, 0.4) is 0 Å². The van der Waals surface area contributed by atoms with Gasteiger partial charge in [-0.15, -0.1) is 0 Å². The summed E-state index contributed by atoms with van der Waals surface area (Å²) in [6.45, 7) is 4.81. The van der Waals surface area contributed by atoms with Crippen molar-refractivity contribution in [2.75, 3.05) is 12.3 Å². The molecular formula is C13H19NO2. The van der Waals surface area contributed by atoms with Crippen LogP contribution >= 0.6 is 0 Å². The standard InChI is InChI=1S/C13H19NO2/c1-13(2)8-7-10(16-13)9-15-12-6-4-3-5-11(12)14/h3-6,10H,7-9,14H2,1-2H3. The van der Waals surface area contributed by atoms with E-state index in [1.165, 1.54) is 0 Å². The van der Waals surface area contributed by atoms with Gasteiger partial charge in [-0.05, 0) is 38.8 Å². The lowest BCUT2D eigenvalue weighted by atomic mass is 10.1. The molecule has 2 rings (SSSR count). The van der Waals surface area contributed by atoms with Crippen LogP contribution in [-0.2, 0) is 4.74 Å². The topological polar surface area (TPSA) is 44.5 Å². The van der Waals surface area contributed by atoms with E-state index in [0.717, 1.165) is 18.6 Å². The molecule has 1 unspecified atom stereocenters. The SMILES string of the molecule is CC1(C)CCC(COc2ccccc2N)O1. The molecule has 0 aliphatic carbocycles. The van der Waals surface area contributed by atoms with E-state index in [4.69, 9.17) is 15.2 Å². The Morgan fingerprint density at radius 2 is 2.19 bits per heavy atom. The molecule has 88 valence electrons. The van der Waals surface area contributed by atoms with E-state index in [1.807, 2.05) is 24.3 Å². The Morgan fingerprint density at radius 1 is 1.44 bits per heavy atom. The fraction of sp³-hybridized carbons (Fsp3) is 0.538. The van der Waals surface area contributed by atoms with Gasteiger partial charge in [0.1, 0.15) is 12.4 Å². The molecule has 0 spiro atoms. The number of hydrogen-bond donors (Lipinski definition) is 1. The number of para-hydroxylation sites is 2. The average molecular weight is 221 g/mol. The summed E-state index contributed by atoms with van der Waals surface area (Å²) in [6, 6.07) is 7.55. The summed E-state index contributed by atoms with van der Waals surface area (Å²) in [5.41, 5.74) is 6.47. The number of hydrogen-bond acceptors (Lipinski definition) is 3.